The number of amides is 1. The zero-order chi connectivity index (χ0) is 19.9. The number of carbonyl (C=O) groups is 1. The number of rotatable bonds is 9. The van der Waals surface area contributed by atoms with E-state index >= 15 is 0 Å². The maximum atomic E-state index is 11.9. The summed E-state index contributed by atoms with van der Waals surface area (Å²) in [6.45, 7) is 4.77. The fraction of sp³-hybridized carbons (Fsp3) is 0.350. The van der Waals surface area contributed by atoms with Gasteiger partial charge in [-0.3, -0.25) is 4.79 Å². The van der Waals surface area contributed by atoms with Gasteiger partial charge < -0.3 is 10.1 Å². The molecule has 0 fully saturated rings. The molecular weight excluding hydrogens is 364 g/mol. The molecule has 2 aromatic carbocycles. The zero-order valence-electron chi connectivity index (χ0n) is 15.9. The SMILES string of the molecule is CNS(=O)(=O)Cc1ccc(CNC(=O)CCOc2ccc(C)c(C)c2)cc1. The Morgan fingerprint density at radius 2 is 1.67 bits per heavy atom. The summed E-state index contributed by atoms with van der Waals surface area (Å²) in [5.41, 5.74) is 3.96. The van der Waals surface area contributed by atoms with Gasteiger partial charge >= 0.3 is 0 Å². The highest BCUT2D eigenvalue weighted by molar-refractivity contribution is 7.88. The molecule has 0 aliphatic rings. The Hall–Kier alpha value is -2.38. The van der Waals surface area contributed by atoms with Crippen molar-refractivity contribution in [2.24, 2.45) is 0 Å². The highest BCUT2D eigenvalue weighted by Crippen LogP contribution is 2.16. The van der Waals surface area contributed by atoms with Crippen molar-refractivity contribution >= 4 is 15.9 Å². The number of benzene rings is 2. The minimum absolute atomic E-state index is 0.0635. The molecule has 0 heterocycles. The normalized spacial score (nSPS) is 11.2. The maximum absolute atomic E-state index is 11.9. The Morgan fingerprint density at radius 1 is 1.00 bits per heavy atom. The van der Waals surface area contributed by atoms with Gasteiger partial charge in [0.15, 0.2) is 0 Å². The second-order valence-electron chi connectivity index (χ2n) is 6.40. The fourth-order valence-corrected chi connectivity index (χ4v) is 3.17. The van der Waals surface area contributed by atoms with Crippen molar-refractivity contribution in [2.75, 3.05) is 13.7 Å². The average molecular weight is 391 g/mol. The zero-order valence-corrected chi connectivity index (χ0v) is 16.7. The molecule has 0 unspecified atom stereocenters. The van der Waals surface area contributed by atoms with Crippen LogP contribution < -0.4 is 14.8 Å². The topological polar surface area (TPSA) is 84.5 Å². The lowest BCUT2D eigenvalue weighted by Gasteiger charge is -2.09. The Morgan fingerprint density at radius 3 is 2.30 bits per heavy atom. The molecule has 7 heteroatoms. The van der Waals surface area contributed by atoms with E-state index in [-0.39, 0.29) is 18.1 Å². The number of sulfonamides is 1. The van der Waals surface area contributed by atoms with Gasteiger partial charge in [-0.15, -0.1) is 0 Å². The second-order valence-corrected chi connectivity index (χ2v) is 8.33. The predicted molar refractivity (Wildman–Crippen MR) is 106 cm³/mol. The van der Waals surface area contributed by atoms with Crippen LogP contribution in [0.1, 0.15) is 28.7 Å². The van der Waals surface area contributed by atoms with Crippen LogP contribution in [0.3, 0.4) is 0 Å². The molecule has 0 saturated heterocycles. The first-order valence-electron chi connectivity index (χ1n) is 8.75. The van der Waals surface area contributed by atoms with Crippen LogP contribution in [0.5, 0.6) is 5.75 Å². The van der Waals surface area contributed by atoms with Gasteiger partial charge in [-0.2, -0.15) is 0 Å². The molecule has 2 rings (SSSR count). The van der Waals surface area contributed by atoms with Crippen molar-refractivity contribution < 1.29 is 17.9 Å². The van der Waals surface area contributed by atoms with Crippen LogP contribution in [-0.2, 0) is 27.1 Å². The van der Waals surface area contributed by atoms with Gasteiger partial charge in [-0.05, 0) is 55.3 Å². The smallest absolute Gasteiger partial charge is 0.223 e. The van der Waals surface area contributed by atoms with Crippen LogP contribution in [0, 0.1) is 13.8 Å². The van der Waals surface area contributed by atoms with E-state index in [1.54, 1.807) is 12.1 Å². The standard InChI is InChI=1S/C20H26N2O4S/c1-15-4-9-19(12-16(15)2)26-11-10-20(23)22-13-17-5-7-18(8-6-17)14-27(24,25)21-3/h4-9,12,21H,10-11,13-14H2,1-3H3,(H,22,23). The molecule has 0 atom stereocenters. The molecule has 146 valence electrons. The molecule has 1 amide bonds. The molecule has 0 bridgehead atoms. The first-order valence-corrected chi connectivity index (χ1v) is 10.4. The summed E-state index contributed by atoms with van der Waals surface area (Å²) in [6.07, 6.45) is 0.269. The molecule has 2 aromatic rings. The third kappa shape index (κ3) is 7.03. The number of nitrogens with one attached hydrogen (secondary N) is 2. The average Bonchev–Trinajstić information content (AvgIpc) is 2.64. The van der Waals surface area contributed by atoms with Gasteiger partial charge in [-0.1, -0.05) is 30.3 Å². The lowest BCUT2D eigenvalue weighted by molar-refractivity contribution is -0.121. The number of hydrogen-bond acceptors (Lipinski definition) is 4. The van der Waals surface area contributed by atoms with Crippen LogP contribution in [0.25, 0.3) is 0 Å². The summed E-state index contributed by atoms with van der Waals surface area (Å²) in [4.78, 5) is 11.9. The van der Waals surface area contributed by atoms with Crippen molar-refractivity contribution in [3.63, 3.8) is 0 Å². The highest BCUT2D eigenvalue weighted by atomic mass is 32.2. The van der Waals surface area contributed by atoms with Crippen LogP contribution in [-0.4, -0.2) is 28.0 Å². The van der Waals surface area contributed by atoms with Crippen LogP contribution in [0.15, 0.2) is 42.5 Å². The molecule has 0 radical (unpaired) electrons. The van der Waals surface area contributed by atoms with Crippen molar-refractivity contribution in [1.29, 1.82) is 0 Å². The Labute approximate surface area is 161 Å². The van der Waals surface area contributed by atoms with E-state index < -0.39 is 10.0 Å². The minimum atomic E-state index is -3.28. The van der Waals surface area contributed by atoms with Crippen molar-refractivity contribution in [1.82, 2.24) is 10.0 Å². The monoisotopic (exact) mass is 390 g/mol. The molecule has 0 aliphatic carbocycles. The number of hydrogen-bond donors (Lipinski definition) is 2. The van der Waals surface area contributed by atoms with E-state index in [2.05, 4.69) is 10.0 Å². The van der Waals surface area contributed by atoms with Gasteiger partial charge in [0.2, 0.25) is 15.9 Å². The lowest BCUT2D eigenvalue weighted by Crippen LogP contribution is -2.24. The van der Waals surface area contributed by atoms with Crippen molar-refractivity contribution in [2.45, 2.75) is 32.6 Å². The number of aryl methyl sites for hydroxylation is 2. The molecule has 0 aromatic heterocycles. The first kappa shape index (κ1) is 20.9. The van der Waals surface area contributed by atoms with Gasteiger partial charge in [-0.25, -0.2) is 13.1 Å². The van der Waals surface area contributed by atoms with E-state index in [4.69, 9.17) is 4.74 Å². The summed E-state index contributed by atoms with van der Waals surface area (Å²) >= 11 is 0. The van der Waals surface area contributed by atoms with E-state index in [1.165, 1.54) is 12.6 Å². The third-order valence-corrected chi connectivity index (χ3v) is 5.59. The fourth-order valence-electron chi connectivity index (χ4n) is 2.40. The van der Waals surface area contributed by atoms with Crippen LogP contribution in [0.4, 0.5) is 0 Å². The summed E-state index contributed by atoms with van der Waals surface area (Å²) < 4.78 is 31.0. The van der Waals surface area contributed by atoms with E-state index in [0.717, 1.165) is 16.9 Å². The van der Waals surface area contributed by atoms with Crippen molar-refractivity contribution in [3.8, 4) is 5.75 Å². The third-order valence-electron chi connectivity index (χ3n) is 4.26. The Kier molecular flexibility index (Phi) is 7.38. The molecule has 0 aliphatic heterocycles. The van der Waals surface area contributed by atoms with E-state index in [1.807, 2.05) is 44.2 Å². The molecule has 0 spiro atoms. The summed E-state index contributed by atoms with van der Waals surface area (Å²) in [6, 6.07) is 13.0. The highest BCUT2D eigenvalue weighted by Gasteiger charge is 2.08. The summed E-state index contributed by atoms with van der Waals surface area (Å²) in [7, 11) is -1.89. The van der Waals surface area contributed by atoms with Gasteiger partial charge in [0.25, 0.3) is 0 Å². The van der Waals surface area contributed by atoms with Crippen LogP contribution >= 0.6 is 0 Å². The summed E-state index contributed by atoms with van der Waals surface area (Å²) in [5.74, 6) is 0.602. The van der Waals surface area contributed by atoms with Gasteiger partial charge in [0, 0.05) is 6.54 Å². The van der Waals surface area contributed by atoms with Crippen molar-refractivity contribution in [3.05, 3.63) is 64.7 Å². The van der Waals surface area contributed by atoms with E-state index in [9.17, 15) is 13.2 Å². The quantitative estimate of drug-likeness (QED) is 0.689. The number of carbonyl (C=O) groups excluding carboxylic acids is 1. The molecule has 2 N–H and O–H groups in total. The van der Waals surface area contributed by atoms with Gasteiger partial charge in [0.1, 0.15) is 5.75 Å². The minimum Gasteiger partial charge on any atom is -0.493 e. The van der Waals surface area contributed by atoms with E-state index in [0.29, 0.717) is 18.7 Å². The Balaban J connectivity index is 1.74. The molecule has 0 saturated carbocycles. The summed E-state index contributed by atoms with van der Waals surface area (Å²) in [5, 5.41) is 2.84. The molecule has 27 heavy (non-hydrogen) atoms. The first-order chi connectivity index (χ1) is 12.8. The van der Waals surface area contributed by atoms with Crippen LogP contribution in [0.2, 0.25) is 0 Å². The molecular formula is C20H26N2O4S. The number of ether oxygens (including phenoxy) is 1. The predicted octanol–water partition coefficient (Wildman–Crippen LogP) is 2.44. The largest absolute Gasteiger partial charge is 0.493 e. The maximum Gasteiger partial charge on any atom is 0.223 e. The second kappa shape index (κ2) is 9.53. The van der Waals surface area contributed by atoms with Gasteiger partial charge in [0.05, 0.1) is 18.8 Å². The lowest BCUT2D eigenvalue weighted by atomic mass is 10.1. The molecule has 6 nitrogen and oxygen atoms in total. The Bertz CT molecular complexity index is 877.